The standard InChI is InChI=1S/C18H15N3O3/c1-24-13-7-5-12(6-8-13)15-14(11-19)17(22)20-18(23)16(15)21-9-3-2-4-10-21/h2-10,15-16,19H,1H3/p+1/t15-,16+/m0/s1. The molecule has 0 saturated carbocycles. The zero-order valence-corrected chi connectivity index (χ0v) is 13.0. The number of aromatic nitrogens is 1. The molecule has 0 unspecified atom stereocenters. The number of pyridine rings is 1. The Hall–Kier alpha value is -3.24. The number of carbonyl (C=O) groups excluding carboxylic acids is 2. The van der Waals surface area contributed by atoms with E-state index in [1.807, 2.05) is 18.2 Å². The normalized spacial score (nSPS) is 20.3. The van der Waals surface area contributed by atoms with Gasteiger partial charge in [0.05, 0.1) is 18.6 Å². The topological polar surface area (TPSA) is 83.1 Å². The van der Waals surface area contributed by atoms with Crippen LogP contribution < -0.4 is 14.6 Å². The average Bonchev–Trinajstić information content (AvgIpc) is 2.62. The Morgan fingerprint density at radius 2 is 1.79 bits per heavy atom. The Kier molecular flexibility index (Phi) is 4.22. The second kappa shape index (κ2) is 6.48. The van der Waals surface area contributed by atoms with Gasteiger partial charge >= 0.3 is 0 Å². The molecule has 0 radical (unpaired) electrons. The first kappa shape index (κ1) is 15.6. The molecule has 1 aromatic carbocycles. The molecule has 2 atom stereocenters. The number of imide groups is 1. The molecule has 6 heteroatoms. The van der Waals surface area contributed by atoms with Crippen LogP contribution in [0.5, 0.6) is 5.75 Å². The molecule has 1 aromatic heterocycles. The SMILES string of the molecule is COc1ccc([C@H]2C(=C=N)C(=O)NC(=O)[C@@H]2[n+]2ccccc2)cc1. The number of rotatable bonds is 3. The highest BCUT2D eigenvalue weighted by Crippen LogP contribution is 2.35. The lowest BCUT2D eigenvalue weighted by Gasteiger charge is -2.27. The highest BCUT2D eigenvalue weighted by Gasteiger charge is 2.47. The second-order valence-corrected chi connectivity index (χ2v) is 5.38. The van der Waals surface area contributed by atoms with Crippen LogP contribution in [0.4, 0.5) is 0 Å². The van der Waals surface area contributed by atoms with Crippen LogP contribution >= 0.6 is 0 Å². The van der Waals surface area contributed by atoms with E-state index in [2.05, 4.69) is 11.2 Å². The number of nitrogens with one attached hydrogen (secondary N) is 2. The number of hydrogen-bond donors (Lipinski definition) is 2. The molecule has 2 N–H and O–H groups in total. The van der Waals surface area contributed by atoms with Gasteiger partial charge in [0.25, 0.3) is 11.8 Å². The maximum Gasteiger partial charge on any atom is 0.296 e. The minimum atomic E-state index is -0.676. The number of nitrogens with zero attached hydrogens (tertiary/aromatic N) is 1. The molecule has 6 nitrogen and oxygen atoms in total. The van der Waals surface area contributed by atoms with Crippen molar-refractivity contribution in [3.8, 4) is 5.75 Å². The summed E-state index contributed by atoms with van der Waals surface area (Å²) in [5.74, 6) is 1.30. The predicted molar refractivity (Wildman–Crippen MR) is 85.8 cm³/mol. The summed E-state index contributed by atoms with van der Waals surface area (Å²) in [7, 11) is 1.57. The van der Waals surface area contributed by atoms with Gasteiger partial charge in [0.15, 0.2) is 12.4 Å². The smallest absolute Gasteiger partial charge is 0.296 e. The fraction of sp³-hybridized carbons (Fsp3) is 0.167. The van der Waals surface area contributed by atoms with E-state index in [1.165, 1.54) is 0 Å². The van der Waals surface area contributed by atoms with Crippen molar-refractivity contribution in [1.82, 2.24) is 5.32 Å². The number of amides is 2. The molecule has 1 aliphatic heterocycles. The monoisotopic (exact) mass is 322 g/mol. The molecule has 2 amide bonds. The minimum Gasteiger partial charge on any atom is -0.497 e. The molecule has 120 valence electrons. The van der Waals surface area contributed by atoms with Crippen LogP contribution in [0.3, 0.4) is 0 Å². The van der Waals surface area contributed by atoms with Crippen LogP contribution in [-0.2, 0) is 9.59 Å². The quantitative estimate of drug-likeness (QED) is 0.385. The first-order chi connectivity index (χ1) is 11.7. The first-order valence-corrected chi connectivity index (χ1v) is 7.40. The molecule has 2 heterocycles. The lowest BCUT2D eigenvalue weighted by atomic mass is 9.81. The Bertz CT molecular complexity index is 824. The lowest BCUT2D eigenvalue weighted by molar-refractivity contribution is -0.711. The Morgan fingerprint density at radius 1 is 1.12 bits per heavy atom. The third-order valence-corrected chi connectivity index (χ3v) is 4.05. The molecule has 0 bridgehead atoms. The van der Waals surface area contributed by atoms with Crippen LogP contribution in [-0.4, -0.2) is 24.8 Å². The fourth-order valence-corrected chi connectivity index (χ4v) is 2.90. The number of hydrogen-bond acceptors (Lipinski definition) is 4. The van der Waals surface area contributed by atoms with E-state index in [4.69, 9.17) is 10.1 Å². The molecule has 24 heavy (non-hydrogen) atoms. The van der Waals surface area contributed by atoms with E-state index in [-0.39, 0.29) is 5.57 Å². The van der Waals surface area contributed by atoms with Gasteiger partial charge in [0.1, 0.15) is 5.75 Å². The summed E-state index contributed by atoms with van der Waals surface area (Å²) >= 11 is 0. The number of ether oxygens (including phenoxy) is 1. The van der Waals surface area contributed by atoms with Gasteiger partial charge in [-0.15, -0.1) is 0 Å². The van der Waals surface area contributed by atoms with E-state index in [0.717, 1.165) is 5.56 Å². The summed E-state index contributed by atoms with van der Waals surface area (Å²) in [6.07, 6.45) is 3.52. The maximum absolute atomic E-state index is 12.5. The summed E-state index contributed by atoms with van der Waals surface area (Å²) in [6.45, 7) is 0. The Morgan fingerprint density at radius 3 is 2.38 bits per heavy atom. The molecular weight excluding hydrogens is 306 g/mol. The number of piperidine rings is 1. The van der Waals surface area contributed by atoms with Crippen molar-refractivity contribution in [2.75, 3.05) is 7.11 Å². The summed E-state index contributed by atoms with van der Waals surface area (Å²) in [5, 5.41) is 9.82. The molecule has 0 aliphatic carbocycles. The van der Waals surface area contributed by atoms with Crippen molar-refractivity contribution in [3.63, 3.8) is 0 Å². The van der Waals surface area contributed by atoms with E-state index >= 15 is 0 Å². The van der Waals surface area contributed by atoms with Crippen LogP contribution in [0.25, 0.3) is 0 Å². The van der Waals surface area contributed by atoms with E-state index < -0.39 is 23.8 Å². The summed E-state index contributed by atoms with van der Waals surface area (Å²) in [4.78, 5) is 24.6. The van der Waals surface area contributed by atoms with Gasteiger partial charge in [-0.2, -0.15) is 4.57 Å². The third-order valence-electron chi connectivity index (χ3n) is 4.05. The van der Waals surface area contributed by atoms with Crippen LogP contribution in [0.1, 0.15) is 17.5 Å². The lowest BCUT2D eigenvalue weighted by Crippen LogP contribution is -2.57. The van der Waals surface area contributed by atoms with Crippen LogP contribution in [0.2, 0.25) is 0 Å². The Labute approximate surface area is 138 Å². The van der Waals surface area contributed by atoms with Crippen molar-refractivity contribution in [2.24, 2.45) is 0 Å². The van der Waals surface area contributed by atoms with E-state index in [1.54, 1.807) is 48.3 Å². The van der Waals surface area contributed by atoms with Crippen LogP contribution in [0, 0.1) is 5.41 Å². The summed E-state index contributed by atoms with van der Waals surface area (Å²) < 4.78 is 6.88. The fourth-order valence-electron chi connectivity index (χ4n) is 2.90. The maximum atomic E-state index is 12.5. The number of benzene rings is 1. The van der Waals surface area contributed by atoms with Crippen molar-refractivity contribution < 1.29 is 18.9 Å². The molecular formula is C18H16N3O3+. The molecule has 2 aromatic rings. The van der Waals surface area contributed by atoms with E-state index in [9.17, 15) is 9.59 Å². The van der Waals surface area contributed by atoms with Gasteiger partial charge in [-0.05, 0) is 23.6 Å². The van der Waals surface area contributed by atoms with Crippen molar-refractivity contribution in [1.29, 1.82) is 5.41 Å². The van der Waals surface area contributed by atoms with Gasteiger partial charge in [-0.25, -0.2) is 0 Å². The average molecular weight is 322 g/mol. The van der Waals surface area contributed by atoms with Gasteiger partial charge in [-0.1, -0.05) is 18.2 Å². The Balaban J connectivity index is 2.14. The molecule has 1 aliphatic rings. The molecule has 1 fully saturated rings. The van der Waals surface area contributed by atoms with E-state index in [0.29, 0.717) is 5.75 Å². The first-order valence-electron chi connectivity index (χ1n) is 7.40. The minimum absolute atomic E-state index is 0.126. The zero-order chi connectivity index (χ0) is 17.1. The van der Waals surface area contributed by atoms with Crippen molar-refractivity contribution in [2.45, 2.75) is 12.0 Å². The number of carbonyl (C=O) groups is 2. The number of methoxy groups -OCH3 is 1. The van der Waals surface area contributed by atoms with Gasteiger partial charge < -0.3 is 4.74 Å². The van der Waals surface area contributed by atoms with Crippen molar-refractivity contribution in [3.05, 3.63) is 66.0 Å². The van der Waals surface area contributed by atoms with Crippen LogP contribution in [0.15, 0.2) is 60.4 Å². The summed E-state index contributed by atoms with van der Waals surface area (Å²) in [6, 6.07) is 11.9. The highest BCUT2D eigenvalue weighted by molar-refractivity contribution is 6.13. The van der Waals surface area contributed by atoms with Gasteiger partial charge in [0, 0.05) is 12.1 Å². The molecule has 1 saturated heterocycles. The third kappa shape index (κ3) is 2.71. The highest BCUT2D eigenvalue weighted by atomic mass is 16.5. The molecule has 3 rings (SSSR count). The summed E-state index contributed by atoms with van der Waals surface area (Å²) in [5.41, 5.74) is 0.872. The second-order valence-electron chi connectivity index (χ2n) is 5.38. The largest absolute Gasteiger partial charge is 0.497 e. The van der Waals surface area contributed by atoms with Crippen molar-refractivity contribution >= 4 is 17.7 Å². The van der Waals surface area contributed by atoms with Gasteiger partial charge in [-0.3, -0.25) is 20.3 Å². The molecule has 0 spiro atoms. The van der Waals surface area contributed by atoms with Gasteiger partial charge in [0.2, 0.25) is 6.04 Å². The predicted octanol–water partition coefficient (Wildman–Crippen LogP) is 1.14. The zero-order valence-electron chi connectivity index (χ0n) is 13.0.